The van der Waals surface area contributed by atoms with E-state index in [1.807, 2.05) is 0 Å². The van der Waals surface area contributed by atoms with Gasteiger partial charge in [-0.25, -0.2) is 5.43 Å². The van der Waals surface area contributed by atoms with E-state index in [1.165, 1.54) is 113 Å². The van der Waals surface area contributed by atoms with E-state index in [4.69, 9.17) is 0 Å². The highest BCUT2D eigenvalue weighted by Gasteiger charge is 2.29. The third-order valence-corrected chi connectivity index (χ3v) is 9.40. The molecule has 5 rings (SSSR count). The molecule has 5 unspecified atom stereocenters. The first-order valence-electron chi connectivity index (χ1n) is 14.1. The molecule has 4 N–H and O–H groups in total. The molecule has 33 heavy (non-hydrogen) atoms. The van der Waals surface area contributed by atoms with Gasteiger partial charge in [0.15, 0.2) is 0 Å². The first-order chi connectivity index (χ1) is 16.2. The van der Waals surface area contributed by atoms with Gasteiger partial charge in [0.2, 0.25) is 0 Å². The smallest absolute Gasteiger partial charge is 0.0992 e. The van der Waals surface area contributed by atoms with Gasteiger partial charge in [-0.3, -0.25) is 5.01 Å². The molecule has 184 valence electrons. The molecule has 5 heteroatoms. The summed E-state index contributed by atoms with van der Waals surface area (Å²) in [5, 5.41) is 2.17. The van der Waals surface area contributed by atoms with E-state index in [9.17, 15) is 0 Å². The lowest BCUT2D eigenvalue weighted by molar-refractivity contribution is 0.168. The third-order valence-electron chi connectivity index (χ3n) is 9.40. The SMILES string of the molecule is CC1CCC2CCCCC2CCc2cc(cc(N3CNNNN3)c2)CCC2CCCCC2C1. The predicted molar refractivity (Wildman–Crippen MR) is 137 cm³/mol. The Kier molecular flexibility index (Phi) is 8.24. The highest BCUT2D eigenvalue weighted by atomic mass is 15.9. The Balaban J connectivity index is 1.39. The predicted octanol–water partition coefficient (Wildman–Crippen LogP) is 5.78. The topological polar surface area (TPSA) is 51.4 Å². The van der Waals surface area contributed by atoms with Crippen LogP contribution in [0, 0.1) is 29.6 Å². The molecule has 4 aliphatic rings. The van der Waals surface area contributed by atoms with Crippen molar-refractivity contribution in [3.63, 3.8) is 0 Å². The van der Waals surface area contributed by atoms with E-state index >= 15 is 0 Å². The summed E-state index contributed by atoms with van der Waals surface area (Å²) >= 11 is 0. The Morgan fingerprint density at radius 1 is 0.667 bits per heavy atom. The molecule has 3 aliphatic carbocycles. The fraction of sp³-hybridized carbons (Fsp3) is 0.786. The standard InChI is InChI=1S/C28H47N5/c1-21-10-13-24-6-2-3-7-25(24)14-11-22-17-23(12-15-26-8-4-5-9-27(26)16-21)19-28(18-22)33-20-29-30-31-32-33/h17-19,21,24-27,29-32H,2-16,20H2,1H3. The number of rotatable bonds is 1. The minimum atomic E-state index is 0.739. The molecule has 0 aromatic heterocycles. The molecule has 1 aromatic carbocycles. The summed E-state index contributed by atoms with van der Waals surface area (Å²) in [4.78, 5) is 0. The molecule has 0 radical (unpaired) electrons. The zero-order chi connectivity index (χ0) is 22.5. The highest BCUT2D eigenvalue weighted by molar-refractivity contribution is 5.50. The molecule has 1 aliphatic heterocycles. The van der Waals surface area contributed by atoms with E-state index in [0.717, 1.165) is 36.3 Å². The van der Waals surface area contributed by atoms with Crippen molar-refractivity contribution in [1.82, 2.24) is 22.0 Å². The summed E-state index contributed by atoms with van der Waals surface area (Å²) in [5.74, 6) is 4.72. The molecule has 2 saturated carbocycles. The summed E-state index contributed by atoms with van der Waals surface area (Å²) in [6.45, 7) is 3.31. The zero-order valence-corrected chi connectivity index (χ0v) is 20.9. The first-order valence-corrected chi connectivity index (χ1v) is 14.1. The molecule has 0 spiro atoms. The maximum absolute atomic E-state index is 3.26. The molecule has 3 fully saturated rings. The maximum Gasteiger partial charge on any atom is 0.0992 e. The van der Waals surface area contributed by atoms with Gasteiger partial charge in [-0.15, -0.1) is 0 Å². The summed E-state index contributed by atoms with van der Waals surface area (Å²) in [5.41, 5.74) is 16.7. The van der Waals surface area contributed by atoms with Crippen molar-refractivity contribution in [2.45, 2.75) is 103 Å². The van der Waals surface area contributed by atoms with Gasteiger partial charge in [0, 0.05) is 0 Å². The number of nitrogens with one attached hydrogen (secondary N) is 4. The monoisotopic (exact) mass is 453 g/mol. The summed E-state index contributed by atoms with van der Waals surface area (Å²) < 4.78 is 0. The quantitative estimate of drug-likeness (QED) is 0.434. The number of hydrazine groups is 4. The van der Waals surface area contributed by atoms with Crippen LogP contribution in [0.5, 0.6) is 0 Å². The molecule has 5 atom stereocenters. The second kappa shape index (κ2) is 11.5. The van der Waals surface area contributed by atoms with E-state index in [0.29, 0.717) is 0 Å². The lowest BCUT2D eigenvalue weighted by Gasteiger charge is -2.35. The van der Waals surface area contributed by atoms with Crippen LogP contribution in [0.1, 0.15) is 102 Å². The van der Waals surface area contributed by atoms with Gasteiger partial charge in [0.1, 0.15) is 0 Å². The van der Waals surface area contributed by atoms with Crippen LogP contribution in [0.3, 0.4) is 0 Å². The zero-order valence-electron chi connectivity index (χ0n) is 20.9. The molecule has 2 bridgehead atoms. The molecule has 1 saturated heterocycles. The Labute approximate surface area is 201 Å². The number of aryl methyl sites for hydroxylation is 2. The molecular formula is C28H47N5. The van der Waals surface area contributed by atoms with Crippen molar-refractivity contribution in [3.8, 4) is 0 Å². The summed E-state index contributed by atoms with van der Waals surface area (Å²) in [7, 11) is 0. The summed E-state index contributed by atoms with van der Waals surface area (Å²) in [6.07, 6.45) is 21.4. The van der Waals surface area contributed by atoms with E-state index in [1.54, 1.807) is 0 Å². The van der Waals surface area contributed by atoms with Crippen LogP contribution >= 0.6 is 0 Å². The third kappa shape index (κ3) is 6.30. The van der Waals surface area contributed by atoms with E-state index in [2.05, 4.69) is 52.2 Å². The number of fused-ring (bicyclic) bond motifs is 4. The van der Waals surface area contributed by atoms with Crippen LogP contribution in [0.2, 0.25) is 0 Å². The van der Waals surface area contributed by atoms with Gasteiger partial charge >= 0.3 is 0 Å². The van der Waals surface area contributed by atoms with Crippen LogP contribution in [0.25, 0.3) is 0 Å². The number of anilines is 1. The number of hydrogen-bond donors (Lipinski definition) is 4. The van der Waals surface area contributed by atoms with Crippen LogP contribution in [-0.4, -0.2) is 6.67 Å². The van der Waals surface area contributed by atoms with Crippen molar-refractivity contribution < 1.29 is 0 Å². The number of nitrogens with zero attached hydrogens (tertiary/aromatic N) is 1. The van der Waals surface area contributed by atoms with Crippen LogP contribution in [0.15, 0.2) is 18.2 Å². The molecule has 5 nitrogen and oxygen atoms in total. The van der Waals surface area contributed by atoms with E-state index < -0.39 is 0 Å². The fourth-order valence-corrected chi connectivity index (χ4v) is 7.50. The molecule has 1 aromatic rings. The maximum atomic E-state index is 3.26. The summed E-state index contributed by atoms with van der Waals surface area (Å²) in [6, 6.07) is 7.39. The van der Waals surface area contributed by atoms with Crippen molar-refractivity contribution in [2.24, 2.45) is 29.6 Å². The van der Waals surface area contributed by atoms with Crippen LogP contribution in [-0.2, 0) is 12.8 Å². The van der Waals surface area contributed by atoms with Crippen molar-refractivity contribution >= 4 is 5.69 Å². The largest absolute Gasteiger partial charge is 0.279 e. The molecule has 1 heterocycles. The first kappa shape index (κ1) is 23.6. The fourth-order valence-electron chi connectivity index (χ4n) is 7.50. The van der Waals surface area contributed by atoms with Crippen LogP contribution < -0.4 is 27.0 Å². The van der Waals surface area contributed by atoms with Crippen molar-refractivity contribution in [1.29, 1.82) is 0 Å². The number of benzene rings is 1. The minimum Gasteiger partial charge on any atom is -0.279 e. The van der Waals surface area contributed by atoms with E-state index in [-0.39, 0.29) is 0 Å². The van der Waals surface area contributed by atoms with Crippen molar-refractivity contribution in [2.75, 3.05) is 11.7 Å². The molecule has 0 amide bonds. The Morgan fingerprint density at radius 2 is 1.27 bits per heavy atom. The minimum absolute atomic E-state index is 0.739. The number of hydrogen-bond acceptors (Lipinski definition) is 5. The normalized spacial score (nSPS) is 34.5. The Morgan fingerprint density at radius 3 is 1.91 bits per heavy atom. The van der Waals surface area contributed by atoms with Crippen molar-refractivity contribution in [3.05, 3.63) is 29.3 Å². The average molecular weight is 454 g/mol. The Bertz CT molecular complexity index is 746. The highest BCUT2D eigenvalue weighted by Crippen LogP contribution is 2.41. The second-order valence-electron chi connectivity index (χ2n) is 11.7. The lowest BCUT2D eigenvalue weighted by Crippen LogP contribution is -2.66. The van der Waals surface area contributed by atoms with Gasteiger partial charge in [-0.05, 0) is 91.4 Å². The van der Waals surface area contributed by atoms with Gasteiger partial charge in [-0.1, -0.05) is 70.8 Å². The van der Waals surface area contributed by atoms with Gasteiger partial charge in [-0.2, -0.15) is 16.6 Å². The lowest BCUT2D eigenvalue weighted by atomic mass is 9.71. The van der Waals surface area contributed by atoms with Gasteiger partial charge in [0.05, 0.1) is 12.4 Å². The second-order valence-corrected chi connectivity index (χ2v) is 11.7. The van der Waals surface area contributed by atoms with Crippen LogP contribution in [0.4, 0.5) is 5.69 Å². The Hall–Kier alpha value is -1.14. The average Bonchev–Trinajstić information content (AvgIpc) is 2.86. The molecular weight excluding hydrogens is 406 g/mol. The van der Waals surface area contributed by atoms with Gasteiger partial charge in [0.25, 0.3) is 0 Å². The van der Waals surface area contributed by atoms with Gasteiger partial charge < -0.3 is 0 Å².